The minimum atomic E-state index is -0.274. The summed E-state index contributed by atoms with van der Waals surface area (Å²) in [6.07, 6.45) is 0. The number of hydrogen-bond acceptors (Lipinski definition) is 3. The molecular formula is C18H19NO2. The van der Waals surface area contributed by atoms with Crippen molar-refractivity contribution in [2.24, 2.45) is 5.73 Å². The van der Waals surface area contributed by atoms with Gasteiger partial charge in [-0.05, 0) is 43.7 Å². The summed E-state index contributed by atoms with van der Waals surface area (Å²) in [6, 6.07) is 13.7. The van der Waals surface area contributed by atoms with Gasteiger partial charge in [-0.15, -0.1) is 0 Å². The van der Waals surface area contributed by atoms with E-state index in [1.165, 1.54) is 5.56 Å². The predicted molar refractivity (Wildman–Crippen MR) is 84.7 cm³/mol. The lowest BCUT2D eigenvalue weighted by atomic mass is 10.0. The third-order valence-corrected chi connectivity index (χ3v) is 3.89. The molecule has 0 aliphatic rings. The molecule has 0 aliphatic carbocycles. The standard InChI is InChI=1S/C18H19NO2/c1-11-4-9-16-15(10-11)12(2)18(21-16)17(19)13-5-7-14(20-3)8-6-13/h4-10,17H,19H2,1-3H3. The molecule has 3 nitrogen and oxygen atoms in total. The molecule has 0 bridgehead atoms. The molecule has 2 N–H and O–H groups in total. The highest BCUT2D eigenvalue weighted by Gasteiger charge is 2.18. The van der Waals surface area contributed by atoms with Crippen LogP contribution in [0.25, 0.3) is 11.0 Å². The second kappa shape index (κ2) is 5.26. The van der Waals surface area contributed by atoms with E-state index in [2.05, 4.69) is 19.9 Å². The predicted octanol–water partition coefficient (Wildman–Crippen LogP) is 4.11. The molecule has 0 aliphatic heterocycles. The van der Waals surface area contributed by atoms with Gasteiger partial charge in [0.15, 0.2) is 0 Å². The van der Waals surface area contributed by atoms with Crippen molar-refractivity contribution in [2.75, 3.05) is 7.11 Å². The van der Waals surface area contributed by atoms with Crippen molar-refractivity contribution in [3.63, 3.8) is 0 Å². The quantitative estimate of drug-likeness (QED) is 0.786. The van der Waals surface area contributed by atoms with Gasteiger partial charge in [-0.3, -0.25) is 0 Å². The molecule has 1 heterocycles. The molecule has 21 heavy (non-hydrogen) atoms. The van der Waals surface area contributed by atoms with Crippen LogP contribution in [0.2, 0.25) is 0 Å². The normalized spacial score (nSPS) is 12.6. The summed E-state index contributed by atoms with van der Waals surface area (Å²) in [6.45, 7) is 4.14. The van der Waals surface area contributed by atoms with E-state index in [-0.39, 0.29) is 6.04 Å². The molecule has 0 spiro atoms. The van der Waals surface area contributed by atoms with E-state index in [9.17, 15) is 0 Å². The second-order valence-electron chi connectivity index (χ2n) is 5.34. The number of hydrogen-bond donors (Lipinski definition) is 1. The van der Waals surface area contributed by atoms with Crippen LogP contribution in [0.3, 0.4) is 0 Å². The number of benzene rings is 2. The average Bonchev–Trinajstić information content (AvgIpc) is 2.83. The van der Waals surface area contributed by atoms with E-state index in [0.717, 1.165) is 33.6 Å². The van der Waals surface area contributed by atoms with Gasteiger partial charge in [0.05, 0.1) is 13.2 Å². The van der Waals surface area contributed by atoms with Crippen LogP contribution < -0.4 is 10.5 Å². The summed E-state index contributed by atoms with van der Waals surface area (Å²) in [5.41, 5.74) is 10.6. The summed E-state index contributed by atoms with van der Waals surface area (Å²) in [4.78, 5) is 0. The molecule has 1 unspecified atom stereocenters. The van der Waals surface area contributed by atoms with Gasteiger partial charge in [0.1, 0.15) is 17.1 Å². The van der Waals surface area contributed by atoms with Crippen LogP contribution >= 0.6 is 0 Å². The zero-order valence-electron chi connectivity index (χ0n) is 12.5. The Hall–Kier alpha value is -2.26. The van der Waals surface area contributed by atoms with Gasteiger partial charge in [0.25, 0.3) is 0 Å². The smallest absolute Gasteiger partial charge is 0.134 e. The fraction of sp³-hybridized carbons (Fsp3) is 0.222. The number of methoxy groups -OCH3 is 1. The van der Waals surface area contributed by atoms with Crippen molar-refractivity contribution in [3.05, 3.63) is 64.9 Å². The number of aryl methyl sites for hydroxylation is 2. The maximum absolute atomic E-state index is 6.38. The molecule has 0 fully saturated rings. The second-order valence-corrected chi connectivity index (χ2v) is 5.34. The van der Waals surface area contributed by atoms with Crippen molar-refractivity contribution in [1.82, 2.24) is 0 Å². The zero-order valence-corrected chi connectivity index (χ0v) is 12.5. The van der Waals surface area contributed by atoms with Crippen LogP contribution in [0.1, 0.15) is 28.5 Å². The van der Waals surface area contributed by atoms with E-state index >= 15 is 0 Å². The van der Waals surface area contributed by atoms with E-state index < -0.39 is 0 Å². The lowest BCUT2D eigenvalue weighted by molar-refractivity contribution is 0.414. The largest absolute Gasteiger partial charge is 0.497 e. The molecule has 3 rings (SSSR count). The van der Waals surface area contributed by atoms with E-state index in [1.807, 2.05) is 36.4 Å². The highest BCUT2D eigenvalue weighted by Crippen LogP contribution is 2.32. The summed E-state index contributed by atoms with van der Waals surface area (Å²) in [5.74, 6) is 1.64. The molecule has 3 aromatic rings. The Morgan fingerprint density at radius 3 is 2.43 bits per heavy atom. The summed E-state index contributed by atoms with van der Waals surface area (Å²) in [7, 11) is 1.65. The first kappa shape index (κ1) is 13.7. The first-order chi connectivity index (χ1) is 10.1. The minimum Gasteiger partial charge on any atom is -0.497 e. The van der Waals surface area contributed by atoms with Crippen LogP contribution in [0.15, 0.2) is 46.9 Å². The lowest BCUT2D eigenvalue weighted by Crippen LogP contribution is -2.11. The molecule has 2 aromatic carbocycles. The van der Waals surface area contributed by atoms with E-state index in [1.54, 1.807) is 7.11 Å². The number of ether oxygens (including phenoxy) is 1. The Bertz CT molecular complexity index is 772. The molecule has 0 radical (unpaired) electrons. The van der Waals surface area contributed by atoms with Gasteiger partial charge >= 0.3 is 0 Å². The SMILES string of the molecule is COc1ccc(C(N)c2oc3ccc(C)cc3c2C)cc1. The number of nitrogens with two attached hydrogens (primary N) is 1. The molecule has 108 valence electrons. The van der Waals surface area contributed by atoms with Gasteiger partial charge in [-0.25, -0.2) is 0 Å². The molecule has 1 atom stereocenters. The highest BCUT2D eigenvalue weighted by atomic mass is 16.5. The van der Waals surface area contributed by atoms with Gasteiger partial charge in [-0.1, -0.05) is 23.8 Å². The lowest BCUT2D eigenvalue weighted by Gasteiger charge is -2.11. The Morgan fingerprint density at radius 1 is 1.05 bits per heavy atom. The summed E-state index contributed by atoms with van der Waals surface area (Å²) in [5, 5.41) is 1.13. The van der Waals surface area contributed by atoms with Crippen molar-refractivity contribution in [2.45, 2.75) is 19.9 Å². The average molecular weight is 281 g/mol. The van der Waals surface area contributed by atoms with Crippen molar-refractivity contribution in [1.29, 1.82) is 0 Å². The zero-order chi connectivity index (χ0) is 15.0. The van der Waals surface area contributed by atoms with E-state index in [0.29, 0.717) is 0 Å². The highest BCUT2D eigenvalue weighted by molar-refractivity contribution is 5.83. The fourth-order valence-electron chi connectivity index (χ4n) is 2.61. The van der Waals surface area contributed by atoms with Crippen molar-refractivity contribution >= 4 is 11.0 Å². The molecule has 0 saturated carbocycles. The Kier molecular flexibility index (Phi) is 3.43. The maximum atomic E-state index is 6.38. The Balaban J connectivity index is 2.04. The number of furan rings is 1. The summed E-state index contributed by atoms with van der Waals surface area (Å²) >= 11 is 0. The van der Waals surface area contributed by atoms with Crippen LogP contribution in [0, 0.1) is 13.8 Å². The molecular weight excluding hydrogens is 262 g/mol. The summed E-state index contributed by atoms with van der Waals surface area (Å²) < 4.78 is 11.1. The first-order valence-electron chi connectivity index (χ1n) is 6.99. The number of rotatable bonds is 3. The van der Waals surface area contributed by atoms with Gasteiger partial charge in [0.2, 0.25) is 0 Å². The molecule has 1 aromatic heterocycles. The number of fused-ring (bicyclic) bond motifs is 1. The van der Waals surface area contributed by atoms with Gasteiger partial charge in [0, 0.05) is 10.9 Å². The van der Waals surface area contributed by atoms with Crippen LogP contribution in [-0.4, -0.2) is 7.11 Å². The van der Waals surface area contributed by atoms with Crippen molar-refractivity contribution in [3.8, 4) is 5.75 Å². The fourth-order valence-corrected chi connectivity index (χ4v) is 2.61. The monoisotopic (exact) mass is 281 g/mol. The maximum Gasteiger partial charge on any atom is 0.134 e. The molecule has 0 saturated heterocycles. The van der Waals surface area contributed by atoms with Gasteiger partial charge in [-0.2, -0.15) is 0 Å². The third-order valence-electron chi connectivity index (χ3n) is 3.89. The van der Waals surface area contributed by atoms with Gasteiger partial charge < -0.3 is 14.9 Å². The molecule has 0 amide bonds. The first-order valence-corrected chi connectivity index (χ1v) is 6.99. The van der Waals surface area contributed by atoms with Crippen molar-refractivity contribution < 1.29 is 9.15 Å². The van der Waals surface area contributed by atoms with E-state index in [4.69, 9.17) is 14.9 Å². The van der Waals surface area contributed by atoms with Crippen LogP contribution in [0.4, 0.5) is 0 Å². The Morgan fingerprint density at radius 2 is 1.76 bits per heavy atom. The third kappa shape index (κ3) is 2.41. The topological polar surface area (TPSA) is 48.4 Å². The minimum absolute atomic E-state index is 0.274. The Labute approximate surface area is 124 Å². The van der Waals surface area contributed by atoms with Crippen LogP contribution in [-0.2, 0) is 0 Å². The molecule has 3 heteroatoms. The van der Waals surface area contributed by atoms with Crippen LogP contribution in [0.5, 0.6) is 5.75 Å².